The van der Waals surface area contributed by atoms with E-state index in [4.69, 9.17) is 10.1 Å². The predicted octanol–water partition coefficient (Wildman–Crippen LogP) is 9.40. The molecule has 7 aromatic rings. The molecule has 7 nitrogen and oxygen atoms in total. The van der Waals surface area contributed by atoms with E-state index in [1.807, 2.05) is 103 Å². The van der Waals surface area contributed by atoms with Gasteiger partial charge in [0.15, 0.2) is 0 Å². The third-order valence-electron chi connectivity index (χ3n) is 7.36. The minimum atomic E-state index is -0.388. The number of para-hydroxylation sites is 1. The van der Waals surface area contributed by atoms with Gasteiger partial charge in [0, 0.05) is 45.2 Å². The summed E-state index contributed by atoms with van der Waals surface area (Å²) in [4.78, 5) is 16.7. The molecule has 0 bridgehead atoms. The van der Waals surface area contributed by atoms with Gasteiger partial charge in [-0.15, -0.1) is 0 Å². The van der Waals surface area contributed by atoms with Crippen molar-refractivity contribution in [1.29, 1.82) is 0 Å². The summed E-state index contributed by atoms with van der Waals surface area (Å²) < 4.78 is 4.91. The number of imidazole rings is 1. The second kappa shape index (κ2) is 11.6. The van der Waals surface area contributed by atoms with E-state index in [1.165, 1.54) is 6.07 Å². The molecule has 0 aliphatic carbocycles. The molecule has 0 aliphatic heterocycles. The third-order valence-corrected chi connectivity index (χ3v) is 7.89. The SMILES string of the molecule is O=[N+]([O-])c1cccc(-c2nn(-c3ccccc3)cc2-c2nc(-c3ccccc3)c(-c3ccccc3)n2-c2ccc(Br)cc2)c1. The van der Waals surface area contributed by atoms with E-state index < -0.39 is 0 Å². The van der Waals surface area contributed by atoms with E-state index in [2.05, 4.69) is 44.8 Å². The second-order valence-electron chi connectivity index (χ2n) is 10.2. The number of rotatable bonds is 7. The summed E-state index contributed by atoms with van der Waals surface area (Å²) in [6.07, 6.45) is 1.95. The number of halogens is 1. The van der Waals surface area contributed by atoms with Crippen LogP contribution in [0.5, 0.6) is 0 Å². The van der Waals surface area contributed by atoms with Crippen LogP contribution in [0.4, 0.5) is 5.69 Å². The Hall–Kier alpha value is -5.60. The van der Waals surface area contributed by atoms with E-state index in [1.54, 1.807) is 16.8 Å². The van der Waals surface area contributed by atoms with Crippen molar-refractivity contribution in [1.82, 2.24) is 19.3 Å². The number of benzene rings is 5. The van der Waals surface area contributed by atoms with Crippen molar-refractivity contribution in [2.75, 3.05) is 0 Å². The van der Waals surface area contributed by atoms with Crippen LogP contribution in [0.3, 0.4) is 0 Å². The molecule has 2 aromatic heterocycles. The number of hydrogen-bond donors (Lipinski definition) is 0. The topological polar surface area (TPSA) is 78.8 Å². The largest absolute Gasteiger partial charge is 0.292 e. The standard InChI is InChI=1S/C36H24BrN5O2/c37-28-19-21-30(22-20-28)41-35(26-13-6-2-7-14-26)34(25-11-4-1-5-12-25)38-36(41)32-24-40(29-16-8-3-9-17-29)39-33(32)27-15-10-18-31(23-27)42(43)44/h1-24H. The molecule has 0 radical (unpaired) electrons. The first-order valence-corrected chi connectivity index (χ1v) is 14.8. The fraction of sp³-hybridized carbons (Fsp3) is 0. The Kier molecular flexibility index (Phi) is 7.17. The van der Waals surface area contributed by atoms with Gasteiger partial charge in [0.25, 0.3) is 5.69 Å². The summed E-state index contributed by atoms with van der Waals surface area (Å²) in [5.74, 6) is 0.661. The van der Waals surface area contributed by atoms with Crippen LogP contribution in [0.2, 0.25) is 0 Å². The van der Waals surface area contributed by atoms with Crippen LogP contribution in [0.15, 0.2) is 150 Å². The molecule has 8 heteroatoms. The highest BCUT2D eigenvalue weighted by Gasteiger charge is 2.26. The summed E-state index contributed by atoms with van der Waals surface area (Å²) >= 11 is 3.58. The summed E-state index contributed by atoms with van der Waals surface area (Å²) in [6, 6.07) is 44.8. The van der Waals surface area contributed by atoms with Crippen molar-refractivity contribution < 1.29 is 4.92 Å². The van der Waals surface area contributed by atoms with E-state index in [9.17, 15) is 10.1 Å². The molecule has 0 spiro atoms. The molecule has 0 aliphatic rings. The van der Waals surface area contributed by atoms with Crippen LogP contribution in [0.25, 0.3) is 56.5 Å². The molecule has 212 valence electrons. The molecule has 0 atom stereocenters. The van der Waals surface area contributed by atoms with Gasteiger partial charge in [-0.25, -0.2) is 9.67 Å². The third kappa shape index (κ3) is 5.12. The maximum absolute atomic E-state index is 11.8. The lowest BCUT2D eigenvalue weighted by atomic mass is 10.0. The molecular formula is C36H24BrN5O2. The van der Waals surface area contributed by atoms with Gasteiger partial charge >= 0.3 is 0 Å². The van der Waals surface area contributed by atoms with E-state index in [-0.39, 0.29) is 10.6 Å². The van der Waals surface area contributed by atoms with Gasteiger partial charge in [-0.2, -0.15) is 5.10 Å². The monoisotopic (exact) mass is 637 g/mol. The summed E-state index contributed by atoms with van der Waals surface area (Å²) in [6.45, 7) is 0. The minimum absolute atomic E-state index is 0.00564. The van der Waals surface area contributed by atoms with Crippen molar-refractivity contribution in [3.8, 4) is 56.5 Å². The maximum atomic E-state index is 11.8. The van der Waals surface area contributed by atoms with Crippen LogP contribution in [0, 0.1) is 10.1 Å². The number of nitro benzene ring substituents is 1. The quantitative estimate of drug-likeness (QED) is 0.129. The molecule has 7 rings (SSSR count). The molecule has 0 fully saturated rings. The zero-order valence-corrected chi connectivity index (χ0v) is 24.9. The van der Waals surface area contributed by atoms with E-state index in [0.29, 0.717) is 17.1 Å². The van der Waals surface area contributed by atoms with Crippen LogP contribution in [-0.2, 0) is 0 Å². The number of nitro groups is 1. The highest BCUT2D eigenvalue weighted by Crippen LogP contribution is 2.41. The summed E-state index contributed by atoms with van der Waals surface area (Å²) in [5.41, 5.74) is 7.41. The highest BCUT2D eigenvalue weighted by molar-refractivity contribution is 9.10. The minimum Gasteiger partial charge on any atom is -0.292 e. The molecular weight excluding hydrogens is 614 g/mol. The second-order valence-corrected chi connectivity index (χ2v) is 11.1. The zero-order chi connectivity index (χ0) is 30.0. The zero-order valence-electron chi connectivity index (χ0n) is 23.3. The Morgan fingerprint density at radius 1 is 0.636 bits per heavy atom. The van der Waals surface area contributed by atoms with Gasteiger partial charge in [0.05, 0.1) is 27.6 Å². The van der Waals surface area contributed by atoms with Crippen molar-refractivity contribution >= 4 is 21.6 Å². The van der Waals surface area contributed by atoms with Crippen molar-refractivity contribution in [3.05, 3.63) is 160 Å². The van der Waals surface area contributed by atoms with Crippen LogP contribution >= 0.6 is 15.9 Å². The van der Waals surface area contributed by atoms with Crippen molar-refractivity contribution in [3.63, 3.8) is 0 Å². The Balaban J connectivity index is 1.58. The fourth-order valence-electron chi connectivity index (χ4n) is 5.33. The lowest BCUT2D eigenvalue weighted by molar-refractivity contribution is -0.384. The first kappa shape index (κ1) is 27.2. The van der Waals surface area contributed by atoms with Gasteiger partial charge < -0.3 is 0 Å². The molecule has 0 saturated carbocycles. The van der Waals surface area contributed by atoms with Gasteiger partial charge in [-0.1, -0.05) is 107 Å². The Bertz CT molecular complexity index is 2090. The average molecular weight is 639 g/mol. The van der Waals surface area contributed by atoms with Gasteiger partial charge in [0.2, 0.25) is 0 Å². The summed E-state index contributed by atoms with van der Waals surface area (Å²) in [5, 5.41) is 16.7. The molecule has 0 amide bonds. The highest BCUT2D eigenvalue weighted by atomic mass is 79.9. The lowest BCUT2D eigenvalue weighted by Crippen LogP contribution is -2.00. The normalized spacial score (nSPS) is 11.0. The molecule has 0 N–H and O–H groups in total. The molecule has 2 heterocycles. The lowest BCUT2D eigenvalue weighted by Gasteiger charge is -2.14. The van der Waals surface area contributed by atoms with E-state index in [0.717, 1.165) is 43.9 Å². The number of non-ortho nitro benzene ring substituents is 1. The Labute approximate surface area is 262 Å². The van der Waals surface area contributed by atoms with Crippen LogP contribution < -0.4 is 0 Å². The van der Waals surface area contributed by atoms with Crippen molar-refractivity contribution in [2.24, 2.45) is 0 Å². The number of aromatic nitrogens is 4. The Morgan fingerprint density at radius 3 is 1.91 bits per heavy atom. The number of nitrogens with zero attached hydrogens (tertiary/aromatic N) is 5. The van der Waals surface area contributed by atoms with Gasteiger partial charge in [-0.05, 0) is 36.4 Å². The van der Waals surface area contributed by atoms with Gasteiger partial charge in [0.1, 0.15) is 11.5 Å². The first-order chi connectivity index (χ1) is 21.6. The predicted molar refractivity (Wildman–Crippen MR) is 177 cm³/mol. The summed E-state index contributed by atoms with van der Waals surface area (Å²) in [7, 11) is 0. The Morgan fingerprint density at radius 2 is 1.25 bits per heavy atom. The molecule has 5 aromatic carbocycles. The molecule has 0 saturated heterocycles. The van der Waals surface area contributed by atoms with Crippen molar-refractivity contribution in [2.45, 2.75) is 0 Å². The number of hydrogen-bond acceptors (Lipinski definition) is 4. The molecule has 0 unspecified atom stereocenters. The first-order valence-electron chi connectivity index (χ1n) is 14.0. The van der Waals surface area contributed by atoms with Crippen LogP contribution in [-0.4, -0.2) is 24.3 Å². The maximum Gasteiger partial charge on any atom is 0.270 e. The van der Waals surface area contributed by atoms with E-state index >= 15 is 0 Å². The molecule has 44 heavy (non-hydrogen) atoms. The fourth-order valence-corrected chi connectivity index (χ4v) is 5.60. The van der Waals surface area contributed by atoms with Crippen LogP contribution in [0.1, 0.15) is 0 Å². The van der Waals surface area contributed by atoms with Gasteiger partial charge in [-0.3, -0.25) is 14.7 Å². The smallest absolute Gasteiger partial charge is 0.270 e. The average Bonchev–Trinajstić information content (AvgIpc) is 3.69.